The van der Waals surface area contributed by atoms with Gasteiger partial charge in [0, 0.05) is 50.4 Å². The summed E-state index contributed by atoms with van der Waals surface area (Å²) in [5.41, 5.74) is 4.42. The first-order chi connectivity index (χ1) is 14.5. The molecule has 1 amide bonds. The zero-order chi connectivity index (χ0) is 21.3. The number of carbonyl (C=O) groups excluding carboxylic acids is 1. The summed E-state index contributed by atoms with van der Waals surface area (Å²) in [7, 11) is 3.76. The standard InChI is InChI=1S/C22H24FN5OS/c1-14-20(30-13-25-14)21(29)28-10-6-7-15(12-28)19-17(11-24-22(26-19)27(2)3)16-8-4-5-9-18(16)23/h4-5,8-9,11,13,15H,6-7,10,12H2,1-3H3/t15-/m0/s1. The quantitative estimate of drug-likeness (QED) is 0.629. The molecule has 4 rings (SSSR count). The molecule has 0 N–H and O–H groups in total. The second kappa shape index (κ2) is 8.47. The molecule has 1 aliphatic heterocycles. The highest BCUT2D eigenvalue weighted by atomic mass is 32.1. The number of carbonyl (C=O) groups is 1. The van der Waals surface area contributed by atoms with E-state index < -0.39 is 0 Å². The highest BCUT2D eigenvalue weighted by Gasteiger charge is 2.30. The molecule has 0 saturated carbocycles. The Kier molecular flexibility index (Phi) is 5.76. The number of nitrogens with zero attached hydrogens (tertiary/aromatic N) is 5. The summed E-state index contributed by atoms with van der Waals surface area (Å²) in [5, 5.41) is 0. The molecule has 0 bridgehead atoms. The van der Waals surface area contributed by atoms with Gasteiger partial charge in [0.05, 0.1) is 16.9 Å². The minimum Gasteiger partial charge on any atom is -0.347 e. The first kappa shape index (κ1) is 20.4. The van der Waals surface area contributed by atoms with Crippen LogP contribution in [0.2, 0.25) is 0 Å². The van der Waals surface area contributed by atoms with Crippen molar-refractivity contribution in [2.45, 2.75) is 25.7 Å². The molecule has 0 spiro atoms. The summed E-state index contributed by atoms with van der Waals surface area (Å²) in [6.07, 6.45) is 3.45. The molecule has 1 atom stereocenters. The fourth-order valence-electron chi connectivity index (χ4n) is 3.83. The summed E-state index contributed by atoms with van der Waals surface area (Å²) in [6, 6.07) is 6.68. The monoisotopic (exact) mass is 425 g/mol. The molecular weight excluding hydrogens is 401 g/mol. The van der Waals surface area contributed by atoms with Crippen molar-refractivity contribution in [3.8, 4) is 11.1 Å². The number of rotatable bonds is 4. The van der Waals surface area contributed by atoms with Crippen molar-refractivity contribution in [1.29, 1.82) is 0 Å². The number of aryl methyl sites for hydroxylation is 1. The molecule has 1 aromatic carbocycles. The third-order valence-corrected chi connectivity index (χ3v) is 6.32. The molecule has 3 heterocycles. The van der Waals surface area contributed by atoms with Crippen LogP contribution in [0.4, 0.5) is 10.3 Å². The van der Waals surface area contributed by atoms with Crippen molar-refractivity contribution in [2.24, 2.45) is 0 Å². The molecule has 1 saturated heterocycles. The van der Waals surface area contributed by atoms with Crippen molar-refractivity contribution in [3.63, 3.8) is 0 Å². The van der Waals surface area contributed by atoms with Crippen molar-refractivity contribution in [1.82, 2.24) is 19.9 Å². The van der Waals surface area contributed by atoms with Crippen LogP contribution in [0.15, 0.2) is 36.0 Å². The van der Waals surface area contributed by atoms with Crippen LogP contribution in [0.5, 0.6) is 0 Å². The summed E-state index contributed by atoms with van der Waals surface area (Å²) < 4.78 is 14.6. The Morgan fingerprint density at radius 2 is 2.03 bits per heavy atom. The number of anilines is 1. The topological polar surface area (TPSA) is 62.2 Å². The number of hydrogen-bond acceptors (Lipinski definition) is 6. The molecule has 8 heteroatoms. The Bertz CT molecular complexity index is 1070. The number of halogens is 1. The third-order valence-electron chi connectivity index (χ3n) is 5.40. The molecule has 0 unspecified atom stereocenters. The predicted octanol–water partition coefficient (Wildman–Crippen LogP) is 4.13. The van der Waals surface area contributed by atoms with Gasteiger partial charge >= 0.3 is 0 Å². The Balaban J connectivity index is 1.71. The van der Waals surface area contributed by atoms with E-state index in [4.69, 9.17) is 4.98 Å². The number of likely N-dealkylation sites (tertiary alicyclic amines) is 1. The number of thiazole rings is 1. The smallest absolute Gasteiger partial charge is 0.265 e. The number of piperidine rings is 1. The van der Waals surface area contributed by atoms with Gasteiger partial charge < -0.3 is 9.80 Å². The lowest BCUT2D eigenvalue weighted by Crippen LogP contribution is -2.39. The summed E-state index contributed by atoms with van der Waals surface area (Å²) in [6.45, 7) is 3.10. The van der Waals surface area contributed by atoms with Crippen molar-refractivity contribution >= 4 is 23.2 Å². The molecule has 156 valence electrons. The number of aromatic nitrogens is 3. The van der Waals surface area contributed by atoms with Gasteiger partial charge in [-0.1, -0.05) is 18.2 Å². The van der Waals surface area contributed by atoms with Crippen LogP contribution in [0.1, 0.15) is 39.8 Å². The van der Waals surface area contributed by atoms with E-state index in [1.807, 2.05) is 36.9 Å². The lowest BCUT2D eigenvalue weighted by Gasteiger charge is -2.33. The fraction of sp³-hybridized carbons (Fsp3) is 0.364. The molecule has 6 nitrogen and oxygen atoms in total. The second-order valence-corrected chi connectivity index (χ2v) is 8.56. The maximum Gasteiger partial charge on any atom is 0.265 e. The first-order valence-electron chi connectivity index (χ1n) is 9.94. The van der Waals surface area contributed by atoms with Crippen LogP contribution in [0.3, 0.4) is 0 Å². The van der Waals surface area contributed by atoms with Gasteiger partial charge in [-0.3, -0.25) is 4.79 Å². The number of hydrogen-bond donors (Lipinski definition) is 0. The van der Waals surface area contributed by atoms with Crippen LogP contribution < -0.4 is 4.90 Å². The summed E-state index contributed by atoms with van der Waals surface area (Å²) >= 11 is 1.37. The maximum absolute atomic E-state index is 14.6. The van der Waals surface area contributed by atoms with Crippen molar-refractivity contribution in [3.05, 3.63) is 58.1 Å². The van der Waals surface area contributed by atoms with Gasteiger partial charge in [0.25, 0.3) is 5.91 Å². The molecule has 1 fully saturated rings. The lowest BCUT2D eigenvalue weighted by atomic mass is 9.89. The normalized spacial score (nSPS) is 16.5. The minimum absolute atomic E-state index is 0.00670. The van der Waals surface area contributed by atoms with E-state index in [9.17, 15) is 9.18 Å². The predicted molar refractivity (Wildman–Crippen MR) is 116 cm³/mol. The zero-order valence-corrected chi connectivity index (χ0v) is 18.1. The Morgan fingerprint density at radius 1 is 1.23 bits per heavy atom. The lowest BCUT2D eigenvalue weighted by molar-refractivity contribution is 0.0710. The third kappa shape index (κ3) is 3.92. The van der Waals surface area contributed by atoms with Gasteiger partial charge in [-0.25, -0.2) is 19.3 Å². The van der Waals surface area contributed by atoms with E-state index in [-0.39, 0.29) is 17.6 Å². The number of amides is 1. The van der Waals surface area contributed by atoms with Crippen LogP contribution in [0.25, 0.3) is 11.1 Å². The Labute approximate surface area is 179 Å². The van der Waals surface area contributed by atoms with Gasteiger partial charge in [-0.05, 0) is 25.8 Å². The van der Waals surface area contributed by atoms with Crippen LogP contribution in [0, 0.1) is 12.7 Å². The van der Waals surface area contributed by atoms with Crippen molar-refractivity contribution in [2.75, 3.05) is 32.1 Å². The molecule has 1 aliphatic rings. The number of benzene rings is 1. The van der Waals surface area contributed by atoms with Crippen LogP contribution in [-0.2, 0) is 0 Å². The van der Waals surface area contributed by atoms with Gasteiger partial charge in [-0.2, -0.15) is 0 Å². The van der Waals surface area contributed by atoms with E-state index in [1.165, 1.54) is 17.4 Å². The van der Waals surface area contributed by atoms with Gasteiger partial charge in [0.15, 0.2) is 0 Å². The Hall–Kier alpha value is -2.87. The zero-order valence-electron chi connectivity index (χ0n) is 17.3. The van der Waals surface area contributed by atoms with Crippen molar-refractivity contribution < 1.29 is 9.18 Å². The average Bonchev–Trinajstić information content (AvgIpc) is 3.19. The summed E-state index contributed by atoms with van der Waals surface area (Å²) in [5.74, 6) is 0.289. The molecule has 3 aromatic rings. The molecule has 2 aromatic heterocycles. The van der Waals surface area contributed by atoms with E-state index in [1.54, 1.807) is 23.8 Å². The largest absolute Gasteiger partial charge is 0.347 e. The van der Waals surface area contributed by atoms with E-state index in [2.05, 4.69) is 9.97 Å². The molecule has 30 heavy (non-hydrogen) atoms. The molecule has 0 radical (unpaired) electrons. The SMILES string of the molecule is Cc1ncsc1C(=O)N1CCC[C@H](c2nc(N(C)C)ncc2-c2ccccc2F)C1. The van der Waals surface area contributed by atoms with E-state index in [0.717, 1.165) is 24.2 Å². The van der Waals surface area contributed by atoms with Crippen LogP contribution in [-0.4, -0.2) is 52.9 Å². The minimum atomic E-state index is -0.302. The summed E-state index contributed by atoms with van der Waals surface area (Å²) in [4.78, 5) is 30.8. The van der Waals surface area contributed by atoms with Gasteiger partial charge in [0.1, 0.15) is 10.7 Å². The highest BCUT2D eigenvalue weighted by molar-refractivity contribution is 7.11. The second-order valence-electron chi connectivity index (χ2n) is 7.70. The van der Waals surface area contributed by atoms with Crippen LogP contribution >= 0.6 is 11.3 Å². The average molecular weight is 426 g/mol. The fourth-order valence-corrected chi connectivity index (χ4v) is 4.60. The maximum atomic E-state index is 14.6. The van der Waals surface area contributed by atoms with Gasteiger partial charge in [0.2, 0.25) is 5.95 Å². The molecule has 0 aliphatic carbocycles. The van der Waals surface area contributed by atoms with E-state index >= 15 is 0 Å². The van der Waals surface area contributed by atoms with E-state index in [0.29, 0.717) is 35.0 Å². The first-order valence-corrected chi connectivity index (χ1v) is 10.8. The van der Waals surface area contributed by atoms with Gasteiger partial charge in [-0.15, -0.1) is 11.3 Å². The molecular formula is C22H24FN5OS. The highest BCUT2D eigenvalue weighted by Crippen LogP contribution is 2.35. The Morgan fingerprint density at radius 3 is 2.73 bits per heavy atom.